The van der Waals surface area contributed by atoms with Gasteiger partial charge in [-0.3, -0.25) is 0 Å². The number of hydrogen-bond acceptors (Lipinski definition) is 1. The lowest BCUT2D eigenvalue weighted by Crippen LogP contribution is -2.37. The molecular weight excluding hydrogens is 242 g/mol. The second-order valence-electron chi connectivity index (χ2n) is 6.53. The second kappa shape index (κ2) is 6.23. The zero-order chi connectivity index (χ0) is 14.6. The SMILES string of the molecule is CC(NCc1ccc(-c2ccccc2)cc1)C(C)(C)C. The van der Waals surface area contributed by atoms with Crippen molar-refractivity contribution in [3.8, 4) is 11.1 Å². The molecule has 0 radical (unpaired) electrons. The van der Waals surface area contributed by atoms with Crippen LogP contribution in [0.3, 0.4) is 0 Å². The third-order valence-electron chi connectivity index (χ3n) is 3.97. The lowest BCUT2D eigenvalue weighted by Gasteiger charge is -2.28. The molecular formula is C19H25N. The molecule has 0 aromatic heterocycles. The first kappa shape index (κ1) is 14.8. The summed E-state index contributed by atoms with van der Waals surface area (Å²) in [5.74, 6) is 0. The molecule has 1 heteroatoms. The highest BCUT2D eigenvalue weighted by molar-refractivity contribution is 5.63. The summed E-state index contributed by atoms with van der Waals surface area (Å²) in [4.78, 5) is 0. The fraction of sp³-hybridized carbons (Fsp3) is 0.368. The van der Waals surface area contributed by atoms with Gasteiger partial charge in [0.05, 0.1) is 0 Å². The van der Waals surface area contributed by atoms with Crippen LogP contribution in [0.4, 0.5) is 0 Å². The highest BCUT2D eigenvalue weighted by Gasteiger charge is 2.18. The zero-order valence-electron chi connectivity index (χ0n) is 13.0. The smallest absolute Gasteiger partial charge is 0.0208 e. The van der Waals surface area contributed by atoms with Crippen molar-refractivity contribution >= 4 is 0 Å². The Morgan fingerprint density at radius 3 is 1.95 bits per heavy atom. The summed E-state index contributed by atoms with van der Waals surface area (Å²) in [6, 6.07) is 19.8. The molecule has 0 aliphatic rings. The Hall–Kier alpha value is -1.60. The molecule has 106 valence electrons. The van der Waals surface area contributed by atoms with Gasteiger partial charge in [-0.1, -0.05) is 75.4 Å². The fourth-order valence-corrected chi connectivity index (χ4v) is 2.02. The Kier molecular flexibility index (Phi) is 4.61. The predicted molar refractivity (Wildman–Crippen MR) is 87.6 cm³/mol. The molecule has 0 aliphatic carbocycles. The van der Waals surface area contributed by atoms with Crippen molar-refractivity contribution in [3.63, 3.8) is 0 Å². The van der Waals surface area contributed by atoms with Gasteiger partial charge < -0.3 is 5.32 Å². The molecule has 1 unspecified atom stereocenters. The standard InChI is InChI=1S/C19H25N/c1-15(19(2,3)4)20-14-16-10-12-18(13-11-16)17-8-6-5-7-9-17/h5-13,15,20H,14H2,1-4H3. The Labute approximate surface area is 123 Å². The molecule has 0 aliphatic heterocycles. The van der Waals surface area contributed by atoms with Gasteiger partial charge in [-0.15, -0.1) is 0 Å². The normalized spacial score (nSPS) is 13.2. The minimum Gasteiger partial charge on any atom is -0.310 e. The predicted octanol–water partition coefficient (Wildman–Crippen LogP) is 4.88. The number of hydrogen-bond donors (Lipinski definition) is 1. The Morgan fingerprint density at radius 1 is 0.850 bits per heavy atom. The van der Waals surface area contributed by atoms with Crippen molar-refractivity contribution in [2.24, 2.45) is 5.41 Å². The van der Waals surface area contributed by atoms with Gasteiger partial charge in [-0.25, -0.2) is 0 Å². The largest absolute Gasteiger partial charge is 0.310 e. The summed E-state index contributed by atoms with van der Waals surface area (Å²) in [5, 5.41) is 3.60. The van der Waals surface area contributed by atoms with E-state index >= 15 is 0 Å². The molecule has 2 aromatic carbocycles. The monoisotopic (exact) mass is 267 g/mol. The molecule has 0 saturated heterocycles. The Morgan fingerprint density at radius 2 is 1.40 bits per heavy atom. The van der Waals surface area contributed by atoms with Gasteiger partial charge >= 0.3 is 0 Å². The average molecular weight is 267 g/mol. The summed E-state index contributed by atoms with van der Waals surface area (Å²) in [6.45, 7) is 9.97. The zero-order valence-corrected chi connectivity index (χ0v) is 13.0. The molecule has 20 heavy (non-hydrogen) atoms. The Bertz CT molecular complexity index is 520. The summed E-state index contributed by atoms with van der Waals surface area (Å²) >= 11 is 0. The van der Waals surface area contributed by atoms with Crippen LogP contribution in [0.5, 0.6) is 0 Å². The van der Waals surface area contributed by atoms with Crippen LogP contribution < -0.4 is 5.32 Å². The van der Waals surface area contributed by atoms with Crippen molar-refractivity contribution in [1.82, 2.24) is 5.32 Å². The minimum atomic E-state index is 0.296. The van der Waals surface area contributed by atoms with Crippen LogP contribution in [-0.4, -0.2) is 6.04 Å². The number of rotatable bonds is 4. The van der Waals surface area contributed by atoms with Crippen LogP contribution in [0.15, 0.2) is 54.6 Å². The van der Waals surface area contributed by atoms with E-state index in [0.717, 1.165) is 6.54 Å². The lowest BCUT2D eigenvalue weighted by atomic mass is 9.88. The van der Waals surface area contributed by atoms with Gasteiger partial charge in [0.2, 0.25) is 0 Å². The van der Waals surface area contributed by atoms with Crippen molar-refractivity contribution in [1.29, 1.82) is 0 Å². The maximum atomic E-state index is 3.60. The summed E-state index contributed by atoms with van der Waals surface area (Å²) in [6.07, 6.45) is 0. The van der Waals surface area contributed by atoms with Gasteiger partial charge in [0, 0.05) is 12.6 Å². The lowest BCUT2D eigenvalue weighted by molar-refractivity contribution is 0.285. The maximum absolute atomic E-state index is 3.60. The van der Waals surface area contributed by atoms with E-state index in [2.05, 4.69) is 87.6 Å². The van der Waals surface area contributed by atoms with Crippen LogP contribution in [0.1, 0.15) is 33.3 Å². The first-order valence-electron chi connectivity index (χ1n) is 7.34. The topological polar surface area (TPSA) is 12.0 Å². The highest BCUT2D eigenvalue weighted by atomic mass is 14.9. The first-order chi connectivity index (χ1) is 9.47. The van der Waals surface area contributed by atoms with Gasteiger partial charge in [-0.05, 0) is 29.0 Å². The molecule has 0 bridgehead atoms. The quantitative estimate of drug-likeness (QED) is 0.832. The van der Waals surface area contributed by atoms with Crippen LogP contribution in [-0.2, 0) is 6.54 Å². The van der Waals surface area contributed by atoms with Gasteiger partial charge in [0.15, 0.2) is 0 Å². The van der Waals surface area contributed by atoms with E-state index in [1.807, 2.05) is 0 Å². The minimum absolute atomic E-state index is 0.296. The third-order valence-corrected chi connectivity index (χ3v) is 3.97. The maximum Gasteiger partial charge on any atom is 0.0208 e. The van der Waals surface area contributed by atoms with Gasteiger partial charge in [0.1, 0.15) is 0 Å². The number of nitrogens with one attached hydrogen (secondary N) is 1. The third kappa shape index (κ3) is 3.94. The summed E-state index contributed by atoms with van der Waals surface area (Å²) in [7, 11) is 0. The molecule has 1 N–H and O–H groups in total. The highest BCUT2D eigenvalue weighted by Crippen LogP contribution is 2.21. The molecule has 0 saturated carbocycles. The molecule has 0 amide bonds. The molecule has 0 heterocycles. The molecule has 1 nitrogen and oxygen atoms in total. The van der Waals surface area contributed by atoms with E-state index in [9.17, 15) is 0 Å². The molecule has 1 atom stereocenters. The van der Waals surface area contributed by atoms with E-state index < -0.39 is 0 Å². The summed E-state index contributed by atoms with van der Waals surface area (Å²) in [5.41, 5.74) is 4.18. The number of benzene rings is 2. The van der Waals surface area contributed by atoms with Crippen LogP contribution >= 0.6 is 0 Å². The molecule has 2 rings (SSSR count). The van der Waals surface area contributed by atoms with Gasteiger partial charge in [0.25, 0.3) is 0 Å². The van der Waals surface area contributed by atoms with Crippen molar-refractivity contribution in [3.05, 3.63) is 60.2 Å². The van der Waals surface area contributed by atoms with E-state index in [0.29, 0.717) is 11.5 Å². The second-order valence-corrected chi connectivity index (χ2v) is 6.53. The van der Waals surface area contributed by atoms with Crippen molar-refractivity contribution in [2.75, 3.05) is 0 Å². The molecule has 0 spiro atoms. The summed E-state index contributed by atoms with van der Waals surface area (Å²) < 4.78 is 0. The van der Waals surface area contributed by atoms with Crippen molar-refractivity contribution in [2.45, 2.75) is 40.3 Å². The van der Waals surface area contributed by atoms with E-state index in [-0.39, 0.29) is 0 Å². The van der Waals surface area contributed by atoms with E-state index in [1.54, 1.807) is 0 Å². The average Bonchev–Trinajstić information content (AvgIpc) is 2.45. The van der Waals surface area contributed by atoms with Crippen molar-refractivity contribution < 1.29 is 0 Å². The van der Waals surface area contributed by atoms with Crippen LogP contribution in [0.2, 0.25) is 0 Å². The fourth-order valence-electron chi connectivity index (χ4n) is 2.02. The van der Waals surface area contributed by atoms with Crippen LogP contribution in [0.25, 0.3) is 11.1 Å². The first-order valence-corrected chi connectivity index (χ1v) is 7.34. The van der Waals surface area contributed by atoms with E-state index in [4.69, 9.17) is 0 Å². The molecule has 0 fully saturated rings. The van der Waals surface area contributed by atoms with Crippen LogP contribution in [0, 0.1) is 5.41 Å². The molecule has 2 aromatic rings. The van der Waals surface area contributed by atoms with Gasteiger partial charge in [-0.2, -0.15) is 0 Å². The van der Waals surface area contributed by atoms with E-state index in [1.165, 1.54) is 16.7 Å². The Balaban J connectivity index is 1.99.